The van der Waals surface area contributed by atoms with Crippen LogP contribution in [0.1, 0.15) is 42.2 Å². The van der Waals surface area contributed by atoms with Crippen molar-refractivity contribution in [3.05, 3.63) is 63.4 Å². The molecule has 4 nitrogen and oxygen atoms in total. The molecule has 0 saturated carbocycles. The number of nitrogens with one attached hydrogen (secondary N) is 2. The molecule has 3 rings (SSSR count). The molecule has 2 aromatic carbocycles. The molecule has 1 amide bonds. The van der Waals surface area contributed by atoms with E-state index in [1.807, 2.05) is 36.4 Å². The van der Waals surface area contributed by atoms with Crippen molar-refractivity contribution in [2.75, 3.05) is 0 Å². The molecule has 0 radical (unpaired) electrons. The summed E-state index contributed by atoms with van der Waals surface area (Å²) in [6.07, 6.45) is 0.904. The van der Waals surface area contributed by atoms with E-state index in [1.54, 1.807) is 0 Å². The van der Waals surface area contributed by atoms with Crippen LogP contribution in [0.25, 0.3) is 10.9 Å². The first-order valence-electron chi connectivity index (χ1n) is 8.04. The van der Waals surface area contributed by atoms with Crippen molar-refractivity contribution in [1.82, 2.24) is 15.5 Å². The Labute approximate surface area is 155 Å². The second-order valence-corrected chi connectivity index (χ2v) is 7.36. The first kappa shape index (κ1) is 17.0. The van der Waals surface area contributed by atoms with Gasteiger partial charge >= 0.3 is 0 Å². The highest BCUT2D eigenvalue weighted by Gasteiger charge is 2.17. The van der Waals surface area contributed by atoms with Gasteiger partial charge < -0.3 is 5.32 Å². The van der Waals surface area contributed by atoms with E-state index in [0.29, 0.717) is 11.5 Å². The summed E-state index contributed by atoms with van der Waals surface area (Å²) in [5.74, 6) is 0.441. The fourth-order valence-electron chi connectivity index (χ4n) is 2.80. The Morgan fingerprint density at radius 1 is 1.21 bits per heavy atom. The molecule has 0 fully saturated rings. The number of fused-ring (bicyclic) bond motifs is 1. The molecule has 1 atom stereocenters. The minimum atomic E-state index is -0.0524. The number of rotatable bonds is 5. The van der Waals surface area contributed by atoms with Crippen molar-refractivity contribution in [2.24, 2.45) is 5.92 Å². The fourth-order valence-corrected chi connectivity index (χ4v) is 3.37. The summed E-state index contributed by atoms with van der Waals surface area (Å²) in [5.41, 5.74) is 2.74. The van der Waals surface area contributed by atoms with Crippen molar-refractivity contribution in [3.63, 3.8) is 0 Å². The SMILES string of the molecule is CC(C)CC(NC(=O)c1ccc2[nH]nc(I)c2c1)c1ccccc1. The van der Waals surface area contributed by atoms with Crippen LogP contribution in [0, 0.1) is 9.62 Å². The predicted octanol–water partition coefficient (Wildman–Crippen LogP) is 4.68. The van der Waals surface area contributed by atoms with Crippen molar-refractivity contribution in [3.8, 4) is 0 Å². The number of hydrogen-bond donors (Lipinski definition) is 2. The van der Waals surface area contributed by atoms with Crippen LogP contribution in [-0.2, 0) is 0 Å². The van der Waals surface area contributed by atoms with Crippen LogP contribution in [0.4, 0.5) is 0 Å². The van der Waals surface area contributed by atoms with Gasteiger partial charge in [0.25, 0.3) is 5.91 Å². The lowest BCUT2D eigenvalue weighted by Gasteiger charge is -2.21. The smallest absolute Gasteiger partial charge is 0.251 e. The van der Waals surface area contributed by atoms with Gasteiger partial charge in [-0.3, -0.25) is 9.89 Å². The maximum atomic E-state index is 12.7. The minimum absolute atomic E-state index is 0.0119. The van der Waals surface area contributed by atoms with E-state index in [0.717, 1.165) is 26.6 Å². The molecule has 2 N–H and O–H groups in total. The molecular formula is C19H20IN3O. The molecule has 1 heterocycles. The lowest BCUT2D eigenvalue weighted by Crippen LogP contribution is -2.29. The number of H-pyrrole nitrogens is 1. The zero-order valence-electron chi connectivity index (χ0n) is 13.7. The quantitative estimate of drug-likeness (QED) is 0.574. The topological polar surface area (TPSA) is 57.8 Å². The lowest BCUT2D eigenvalue weighted by atomic mass is 9.96. The summed E-state index contributed by atoms with van der Waals surface area (Å²) in [6.45, 7) is 4.34. The van der Waals surface area contributed by atoms with Crippen LogP contribution in [0.15, 0.2) is 48.5 Å². The summed E-state index contributed by atoms with van der Waals surface area (Å²) in [4.78, 5) is 12.7. The monoisotopic (exact) mass is 433 g/mol. The first-order valence-corrected chi connectivity index (χ1v) is 9.12. The van der Waals surface area contributed by atoms with E-state index in [2.05, 4.69) is 64.1 Å². The number of halogens is 1. The number of aromatic nitrogens is 2. The second kappa shape index (κ2) is 7.34. The summed E-state index contributed by atoms with van der Waals surface area (Å²) < 4.78 is 0.874. The maximum absolute atomic E-state index is 12.7. The number of benzene rings is 2. The third kappa shape index (κ3) is 3.77. The van der Waals surface area contributed by atoms with Crippen molar-refractivity contribution in [2.45, 2.75) is 26.3 Å². The molecule has 0 bridgehead atoms. The van der Waals surface area contributed by atoms with Crippen LogP contribution in [0.2, 0.25) is 0 Å². The lowest BCUT2D eigenvalue weighted by molar-refractivity contribution is 0.0932. The Morgan fingerprint density at radius 3 is 2.67 bits per heavy atom. The van der Waals surface area contributed by atoms with E-state index in [4.69, 9.17) is 0 Å². The van der Waals surface area contributed by atoms with Gasteiger partial charge in [0.15, 0.2) is 0 Å². The number of carbonyl (C=O) groups is 1. The van der Waals surface area contributed by atoms with Gasteiger partial charge in [-0.25, -0.2) is 0 Å². The third-order valence-electron chi connectivity index (χ3n) is 3.99. The van der Waals surface area contributed by atoms with Gasteiger partial charge in [-0.05, 0) is 58.7 Å². The summed E-state index contributed by atoms with van der Waals surface area (Å²) in [5, 5.41) is 11.3. The fraction of sp³-hybridized carbons (Fsp3) is 0.263. The number of aromatic amines is 1. The van der Waals surface area contributed by atoms with Crippen LogP contribution in [0.5, 0.6) is 0 Å². The molecule has 3 aromatic rings. The van der Waals surface area contributed by atoms with Crippen LogP contribution in [-0.4, -0.2) is 16.1 Å². The van der Waals surface area contributed by atoms with Gasteiger partial charge in [-0.15, -0.1) is 0 Å². The first-order chi connectivity index (χ1) is 11.5. The zero-order chi connectivity index (χ0) is 17.1. The molecule has 0 saturated heterocycles. The van der Waals surface area contributed by atoms with E-state index in [1.165, 1.54) is 0 Å². The van der Waals surface area contributed by atoms with E-state index in [9.17, 15) is 4.79 Å². The molecule has 24 heavy (non-hydrogen) atoms. The van der Waals surface area contributed by atoms with Gasteiger partial charge in [-0.1, -0.05) is 44.2 Å². The molecule has 1 unspecified atom stereocenters. The number of hydrogen-bond acceptors (Lipinski definition) is 2. The Bertz CT molecular complexity index is 842. The molecule has 124 valence electrons. The normalized spacial score (nSPS) is 12.5. The van der Waals surface area contributed by atoms with Gasteiger partial charge in [0, 0.05) is 10.9 Å². The average Bonchev–Trinajstić information content (AvgIpc) is 2.95. The molecule has 5 heteroatoms. The Balaban J connectivity index is 1.85. The standard InChI is InChI=1S/C19H20IN3O/c1-12(2)10-17(13-6-4-3-5-7-13)21-19(24)14-8-9-16-15(11-14)18(20)23-22-16/h3-9,11-12,17H,10H2,1-2H3,(H,21,24)(H,22,23). The second-order valence-electron chi connectivity index (χ2n) is 6.34. The number of amides is 1. The summed E-state index contributed by atoms with van der Waals surface area (Å²) in [7, 11) is 0. The van der Waals surface area contributed by atoms with Crippen LogP contribution in [0.3, 0.4) is 0 Å². The molecule has 0 aliphatic carbocycles. The van der Waals surface area contributed by atoms with E-state index in [-0.39, 0.29) is 11.9 Å². The van der Waals surface area contributed by atoms with Gasteiger partial charge in [-0.2, -0.15) is 5.10 Å². The Hall–Kier alpha value is -1.89. The summed E-state index contributed by atoms with van der Waals surface area (Å²) >= 11 is 2.17. The van der Waals surface area contributed by atoms with Crippen LogP contribution < -0.4 is 5.32 Å². The summed E-state index contributed by atoms with van der Waals surface area (Å²) in [6, 6.07) is 15.8. The van der Waals surface area contributed by atoms with Crippen molar-refractivity contribution < 1.29 is 4.79 Å². The molecular weight excluding hydrogens is 413 g/mol. The van der Waals surface area contributed by atoms with Gasteiger partial charge in [0.1, 0.15) is 3.70 Å². The van der Waals surface area contributed by atoms with Gasteiger partial charge in [0.05, 0.1) is 11.6 Å². The third-order valence-corrected chi connectivity index (χ3v) is 4.82. The molecule has 0 aliphatic rings. The highest BCUT2D eigenvalue weighted by atomic mass is 127. The van der Waals surface area contributed by atoms with Gasteiger partial charge in [0.2, 0.25) is 0 Å². The van der Waals surface area contributed by atoms with Crippen LogP contribution >= 0.6 is 22.6 Å². The predicted molar refractivity (Wildman–Crippen MR) is 105 cm³/mol. The van der Waals surface area contributed by atoms with Crippen molar-refractivity contribution >= 4 is 39.4 Å². The van der Waals surface area contributed by atoms with E-state index < -0.39 is 0 Å². The molecule has 0 spiro atoms. The molecule has 1 aromatic heterocycles. The minimum Gasteiger partial charge on any atom is -0.345 e. The zero-order valence-corrected chi connectivity index (χ0v) is 15.9. The molecule has 0 aliphatic heterocycles. The van der Waals surface area contributed by atoms with E-state index >= 15 is 0 Å². The number of carbonyl (C=O) groups excluding carboxylic acids is 1. The largest absolute Gasteiger partial charge is 0.345 e. The average molecular weight is 433 g/mol. The maximum Gasteiger partial charge on any atom is 0.251 e. The highest BCUT2D eigenvalue weighted by molar-refractivity contribution is 14.1. The Morgan fingerprint density at radius 2 is 1.96 bits per heavy atom. The van der Waals surface area contributed by atoms with Crippen molar-refractivity contribution in [1.29, 1.82) is 0 Å². The number of nitrogens with zero attached hydrogens (tertiary/aromatic N) is 1. The Kier molecular flexibility index (Phi) is 5.18. The highest BCUT2D eigenvalue weighted by Crippen LogP contribution is 2.23.